The molecule has 1 nitrogen and oxygen atoms in total. The number of allylic oxidation sites excluding steroid dienone is 1. The molecule has 0 N–H and O–H groups in total. The zero-order valence-electron chi connectivity index (χ0n) is 10.2. The molecule has 3 rings (SSSR count). The van der Waals surface area contributed by atoms with Gasteiger partial charge in [0, 0.05) is 37.4 Å². The number of hydrogen-bond donors (Lipinski definition) is 0. The van der Waals surface area contributed by atoms with Gasteiger partial charge in [-0.2, -0.15) is 0 Å². The van der Waals surface area contributed by atoms with E-state index in [9.17, 15) is 0 Å². The third-order valence-electron chi connectivity index (χ3n) is 2.70. The maximum atomic E-state index is 4.35. The summed E-state index contributed by atoms with van der Waals surface area (Å²) in [6, 6.07) is 21.5. The van der Waals surface area contributed by atoms with Crippen LogP contribution >= 0.6 is 21.0 Å². The van der Waals surface area contributed by atoms with Crippen LogP contribution in [0.15, 0.2) is 94.9 Å². The Hall–Kier alpha value is -1.20. The van der Waals surface area contributed by atoms with Gasteiger partial charge in [-0.1, -0.05) is 36.4 Å². The second kappa shape index (κ2) is 6.30. The predicted octanol–water partition coefficient (Wildman–Crippen LogP) is 5.25. The SMILES string of the molecule is C1=CC([S+](c2ccccc2)c2ccccc2)=CI=N1. The molecule has 1 heterocycles. The van der Waals surface area contributed by atoms with Crippen LogP contribution in [0.5, 0.6) is 0 Å². The van der Waals surface area contributed by atoms with Crippen LogP contribution in [0.2, 0.25) is 0 Å². The topological polar surface area (TPSA) is 12.4 Å². The van der Waals surface area contributed by atoms with E-state index in [4.69, 9.17) is 0 Å². The van der Waals surface area contributed by atoms with E-state index < -0.39 is 0 Å². The summed E-state index contributed by atoms with van der Waals surface area (Å²) >= 11 is -0.160. The Labute approximate surface area is 126 Å². The van der Waals surface area contributed by atoms with Crippen molar-refractivity contribution < 1.29 is 0 Å². The van der Waals surface area contributed by atoms with Crippen molar-refractivity contribution in [3.63, 3.8) is 0 Å². The van der Waals surface area contributed by atoms with Gasteiger partial charge < -0.3 is 0 Å². The average molecular weight is 378 g/mol. The molecular formula is C16H13INS+. The van der Waals surface area contributed by atoms with Gasteiger partial charge in [0.2, 0.25) is 0 Å². The molecule has 0 spiro atoms. The third kappa shape index (κ3) is 3.04. The van der Waals surface area contributed by atoms with Crippen LogP contribution in [0.3, 0.4) is 0 Å². The summed E-state index contributed by atoms with van der Waals surface area (Å²) in [6.45, 7) is 0. The summed E-state index contributed by atoms with van der Waals surface area (Å²) in [6.07, 6.45) is 4.13. The second-order valence-electron chi connectivity index (χ2n) is 3.95. The zero-order valence-corrected chi connectivity index (χ0v) is 13.2. The normalized spacial score (nSPS) is 14.1. The first-order valence-electron chi connectivity index (χ1n) is 5.99. The number of hydrogen-bond acceptors (Lipinski definition) is 1. The van der Waals surface area contributed by atoms with Crippen LogP contribution in [0.1, 0.15) is 0 Å². The summed E-state index contributed by atoms with van der Waals surface area (Å²) in [7, 11) is 0.00412. The highest BCUT2D eigenvalue weighted by Gasteiger charge is 2.29. The predicted molar refractivity (Wildman–Crippen MR) is 90.5 cm³/mol. The molecule has 0 unspecified atom stereocenters. The third-order valence-corrected chi connectivity index (χ3v) is 6.93. The minimum absolute atomic E-state index is 0.00412. The number of nitrogens with zero attached hydrogens (tertiary/aromatic N) is 1. The van der Waals surface area contributed by atoms with Gasteiger partial charge in [0.15, 0.2) is 14.7 Å². The van der Waals surface area contributed by atoms with Crippen LogP contribution in [0, 0.1) is 0 Å². The lowest BCUT2D eigenvalue weighted by atomic mass is 10.4. The first-order chi connectivity index (χ1) is 9.45. The first kappa shape index (κ1) is 12.8. The van der Waals surface area contributed by atoms with Crippen molar-refractivity contribution in [1.82, 2.24) is 0 Å². The summed E-state index contributed by atoms with van der Waals surface area (Å²) in [4.78, 5) is 4.14. The lowest BCUT2D eigenvalue weighted by Gasteiger charge is -2.08. The van der Waals surface area contributed by atoms with Crippen molar-refractivity contribution in [2.24, 2.45) is 3.15 Å². The molecule has 0 aromatic heterocycles. The molecule has 0 saturated carbocycles. The van der Waals surface area contributed by atoms with E-state index >= 15 is 0 Å². The molecule has 94 valence electrons. The number of rotatable bonds is 3. The lowest BCUT2D eigenvalue weighted by molar-refractivity contribution is 1.38. The fourth-order valence-electron chi connectivity index (χ4n) is 1.88. The van der Waals surface area contributed by atoms with Crippen LogP contribution in [0.25, 0.3) is 0 Å². The molecule has 1 aliphatic rings. The van der Waals surface area contributed by atoms with Crippen LogP contribution < -0.4 is 0 Å². The van der Waals surface area contributed by atoms with Gasteiger partial charge in [0.25, 0.3) is 0 Å². The maximum absolute atomic E-state index is 4.35. The Bertz CT molecular complexity index is 593. The van der Waals surface area contributed by atoms with Gasteiger partial charge >= 0.3 is 0 Å². The van der Waals surface area contributed by atoms with Gasteiger partial charge in [-0.05, 0) is 24.3 Å². The van der Waals surface area contributed by atoms with Gasteiger partial charge in [-0.3, -0.25) is 0 Å². The number of benzene rings is 2. The van der Waals surface area contributed by atoms with Crippen molar-refractivity contribution >= 4 is 31.9 Å². The summed E-state index contributed by atoms with van der Waals surface area (Å²) in [5, 5.41) is 0. The van der Waals surface area contributed by atoms with Crippen LogP contribution in [-0.2, 0) is 10.9 Å². The summed E-state index contributed by atoms with van der Waals surface area (Å²) < 4.78 is 6.69. The first-order valence-corrected chi connectivity index (χ1v) is 9.43. The quantitative estimate of drug-likeness (QED) is 0.511. The molecular weight excluding hydrogens is 365 g/mol. The van der Waals surface area contributed by atoms with E-state index in [1.807, 2.05) is 6.20 Å². The van der Waals surface area contributed by atoms with Crippen molar-refractivity contribution in [1.29, 1.82) is 0 Å². The maximum Gasteiger partial charge on any atom is 0.175 e. The fraction of sp³-hybridized carbons (Fsp3) is 0. The van der Waals surface area contributed by atoms with Gasteiger partial charge in [0.1, 0.15) is 0 Å². The van der Waals surface area contributed by atoms with Crippen LogP contribution in [0.4, 0.5) is 0 Å². The molecule has 0 amide bonds. The van der Waals surface area contributed by atoms with Crippen molar-refractivity contribution in [3.8, 4) is 0 Å². The molecule has 19 heavy (non-hydrogen) atoms. The Morgan fingerprint density at radius 3 is 1.84 bits per heavy atom. The molecule has 0 saturated heterocycles. The van der Waals surface area contributed by atoms with Crippen LogP contribution in [-0.4, -0.2) is 0 Å². The van der Waals surface area contributed by atoms with Crippen molar-refractivity contribution in [3.05, 3.63) is 81.9 Å². The van der Waals surface area contributed by atoms with Gasteiger partial charge in [-0.15, -0.1) is 0 Å². The lowest BCUT2D eigenvalue weighted by Crippen LogP contribution is -2.05. The molecule has 3 heteroatoms. The van der Waals surface area contributed by atoms with E-state index in [0.29, 0.717) is 0 Å². The van der Waals surface area contributed by atoms with E-state index in [0.717, 1.165) is 0 Å². The average Bonchev–Trinajstić information content (AvgIpc) is 2.51. The molecule has 0 fully saturated rings. The minimum atomic E-state index is -0.160. The Kier molecular flexibility index (Phi) is 4.25. The number of halogens is 1. The minimum Gasteiger partial charge on any atom is -0.230 e. The van der Waals surface area contributed by atoms with E-state index in [2.05, 4.69) is 74.0 Å². The Morgan fingerprint density at radius 2 is 1.37 bits per heavy atom. The summed E-state index contributed by atoms with van der Waals surface area (Å²) in [5.74, 6) is 0. The molecule has 0 radical (unpaired) electrons. The highest BCUT2D eigenvalue weighted by molar-refractivity contribution is 14.2. The molecule has 0 bridgehead atoms. The standard InChI is InChI=1S/C16H13INS/c1-3-7-14(8-4-1)19(15-9-5-2-6-10-15)16-11-12-18-17-13-16/h1-13H/q+1. The highest BCUT2D eigenvalue weighted by Crippen LogP contribution is 2.33. The summed E-state index contributed by atoms with van der Waals surface area (Å²) in [5.41, 5.74) is 0. The zero-order chi connectivity index (χ0) is 12.9. The molecule has 0 aliphatic carbocycles. The van der Waals surface area contributed by atoms with E-state index in [-0.39, 0.29) is 31.9 Å². The fourth-order valence-corrected chi connectivity index (χ4v) is 5.86. The molecule has 0 atom stereocenters. The van der Waals surface area contributed by atoms with Crippen molar-refractivity contribution in [2.75, 3.05) is 0 Å². The largest absolute Gasteiger partial charge is 0.230 e. The molecule has 1 aliphatic heterocycles. The van der Waals surface area contributed by atoms with Gasteiger partial charge in [0.05, 0.1) is 10.9 Å². The Morgan fingerprint density at radius 1 is 0.789 bits per heavy atom. The monoisotopic (exact) mass is 378 g/mol. The molecule has 2 aromatic rings. The van der Waals surface area contributed by atoms with Crippen molar-refractivity contribution in [2.45, 2.75) is 9.79 Å². The Balaban J connectivity index is 2.09. The van der Waals surface area contributed by atoms with E-state index in [1.54, 1.807) is 0 Å². The van der Waals surface area contributed by atoms with Gasteiger partial charge in [-0.25, -0.2) is 3.15 Å². The molecule has 2 aromatic carbocycles. The van der Waals surface area contributed by atoms with E-state index in [1.165, 1.54) is 14.7 Å². The second-order valence-corrected chi connectivity index (χ2v) is 7.72. The smallest absolute Gasteiger partial charge is 0.175 e. The highest BCUT2D eigenvalue weighted by atomic mass is 127.